The van der Waals surface area contributed by atoms with Gasteiger partial charge in [0.05, 0.1) is 28.2 Å². The number of primary amides is 2. The average Bonchev–Trinajstić information content (AvgIpc) is 4.04. The Morgan fingerprint density at radius 2 is 1.46 bits per heavy atom. The number of nitrogens with one attached hydrogen (secondary N) is 3. The number of imidazole rings is 2. The highest BCUT2D eigenvalue weighted by Gasteiger charge is 2.43. The summed E-state index contributed by atoms with van der Waals surface area (Å²) in [6, 6.07) is 6.28. The van der Waals surface area contributed by atoms with Crippen molar-refractivity contribution in [3.05, 3.63) is 76.5 Å². The van der Waals surface area contributed by atoms with E-state index in [9.17, 15) is 24.0 Å². The van der Waals surface area contributed by atoms with Crippen LogP contribution in [0.5, 0.6) is 5.75 Å². The molecule has 0 saturated carbocycles. The van der Waals surface area contributed by atoms with Crippen molar-refractivity contribution >= 4 is 69.5 Å². The van der Waals surface area contributed by atoms with Gasteiger partial charge < -0.3 is 30.2 Å². The fourth-order valence-electron chi connectivity index (χ4n) is 8.89. The Morgan fingerprint density at radius 3 is 2.13 bits per heavy atom. The number of hydrogen-bond donors (Lipinski definition) is 5. The van der Waals surface area contributed by atoms with Gasteiger partial charge in [-0.3, -0.25) is 54.0 Å². The molecule has 1 spiro atoms. The molecule has 370 valence electrons. The number of carbonyl (C=O) groups excluding carboxylic acids is 5. The van der Waals surface area contributed by atoms with Crippen LogP contribution in [0.25, 0.3) is 22.2 Å². The Morgan fingerprint density at radius 1 is 0.814 bits per heavy atom. The van der Waals surface area contributed by atoms with Crippen molar-refractivity contribution < 1.29 is 38.2 Å². The highest BCUT2D eigenvalue weighted by molar-refractivity contribution is 6.09. The van der Waals surface area contributed by atoms with Gasteiger partial charge in [0.25, 0.3) is 11.8 Å². The average molecular weight is 962 g/mol. The molecule has 23 heteroatoms. The fraction of sp³-hybridized carbons (Fsp3) is 0.447. The van der Waals surface area contributed by atoms with Crippen LogP contribution in [0.1, 0.15) is 101 Å². The molecule has 2 aliphatic heterocycles. The van der Waals surface area contributed by atoms with E-state index in [1.165, 1.54) is 23.0 Å². The van der Waals surface area contributed by atoms with E-state index < -0.39 is 35.3 Å². The van der Waals surface area contributed by atoms with Gasteiger partial charge in [-0.1, -0.05) is 12.2 Å². The number of nitrogens with two attached hydrogens (primary N) is 2. The van der Waals surface area contributed by atoms with Gasteiger partial charge in [-0.2, -0.15) is 10.2 Å². The lowest BCUT2D eigenvalue weighted by Crippen LogP contribution is -2.59. The summed E-state index contributed by atoms with van der Waals surface area (Å²) >= 11 is 0. The summed E-state index contributed by atoms with van der Waals surface area (Å²) in [5, 5.41) is 17.4. The number of allylic oxidation sites excluding steroid dienone is 2. The van der Waals surface area contributed by atoms with Gasteiger partial charge in [0.15, 0.2) is 11.3 Å². The third-order valence-corrected chi connectivity index (χ3v) is 12.2. The van der Waals surface area contributed by atoms with Gasteiger partial charge in [0.2, 0.25) is 23.7 Å². The highest BCUT2D eigenvalue weighted by Crippen LogP contribution is 2.40. The number of likely N-dealkylation sites (tertiary alicyclic amines) is 1. The van der Waals surface area contributed by atoms with Crippen LogP contribution in [0, 0.1) is 19.3 Å². The quantitative estimate of drug-likeness (QED) is 0.0780. The molecule has 70 heavy (non-hydrogen) atoms. The zero-order valence-electron chi connectivity index (χ0n) is 40.4. The first-order valence-corrected chi connectivity index (χ1v) is 23.2. The molecule has 6 aromatic rings. The number of pyridine rings is 1. The Hall–Kier alpha value is -7.66. The summed E-state index contributed by atoms with van der Waals surface area (Å²) in [4.78, 5) is 82.3. The molecule has 1 aromatic carbocycles. The van der Waals surface area contributed by atoms with E-state index in [-0.39, 0.29) is 66.1 Å². The molecule has 7 heterocycles. The summed E-state index contributed by atoms with van der Waals surface area (Å²) in [6.45, 7) is 17.6. The molecule has 0 aliphatic carbocycles. The molecule has 23 nitrogen and oxygen atoms in total. The highest BCUT2D eigenvalue weighted by atomic mass is 16.6. The molecule has 5 aromatic heterocycles. The smallest absolute Gasteiger partial charge is 0.412 e. The number of hydrogen-bond acceptors (Lipinski definition) is 14. The van der Waals surface area contributed by atoms with Crippen LogP contribution in [-0.4, -0.2) is 123 Å². The largest absolute Gasteiger partial charge is 0.490 e. The van der Waals surface area contributed by atoms with Crippen LogP contribution < -0.4 is 32.2 Å². The van der Waals surface area contributed by atoms with Crippen LogP contribution in [0.15, 0.2) is 42.6 Å². The van der Waals surface area contributed by atoms with E-state index >= 15 is 0 Å². The number of fused-ring (bicyclic) bond motifs is 2. The number of ether oxygens (including phenoxy) is 3. The molecular weight excluding hydrogens is 903 g/mol. The zero-order chi connectivity index (χ0) is 50.1. The van der Waals surface area contributed by atoms with Crippen molar-refractivity contribution in [3.8, 4) is 5.75 Å². The Labute approximate surface area is 402 Å². The first-order valence-electron chi connectivity index (χ1n) is 23.2. The normalized spacial score (nSPS) is 14.8. The van der Waals surface area contributed by atoms with E-state index in [4.69, 9.17) is 30.7 Å². The maximum atomic E-state index is 14.5. The van der Waals surface area contributed by atoms with Gasteiger partial charge in [0, 0.05) is 76.2 Å². The van der Waals surface area contributed by atoms with Crippen LogP contribution in [0.2, 0.25) is 0 Å². The molecule has 8 rings (SSSR count). The van der Waals surface area contributed by atoms with Crippen LogP contribution >= 0.6 is 0 Å². The predicted molar refractivity (Wildman–Crippen MR) is 259 cm³/mol. The lowest BCUT2D eigenvalue weighted by atomic mass is 9.73. The monoisotopic (exact) mass is 961 g/mol. The lowest BCUT2D eigenvalue weighted by molar-refractivity contribution is -0.0829. The number of benzene rings is 1. The van der Waals surface area contributed by atoms with Gasteiger partial charge >= 0.3 is 6.09 Å². The van der Waals surface area contributed by atoms with Crippen molar-refractivity contribution in [1.82, 2.24) is 48.5 Å². The van der Waals surface area contributed by atoms with Crippen molar-refractivity contribution in [3.63, 3.8) is 0 Å². The van der Waals surface area contributed by atoms with Crippen molar-refractivity contribution in [2.24, 2.45) is 16.9 Å². The molecule has 0 unspecified atom stereocenters. The number of aromatic nitrogens is 9. The maximum absolute atomic E-state index is 14.5. The molecule has 2 saturated heterocycles. The van der Waals surface area contributed by atoms with E-state index in [0.717, 1.165) is 39.1 Å². The minimum absolute atomic E-state index is 0.0526. The van der Waals surface area contributed by atoms with E-state index in [1.807, 2.05) is 26.0 Å². The van der Waals surface area contributed by atoms with E-state index in [1.54, 1.807) is 60.6 Å². The third kappa shape index (κ3) is 10.3. The maximum Gasteiger partial charge on any atom is 0.412 e. The second-order valence-electron chi connectivity index (χ2n) is 18.5. The standard InChI is InChI=1S/C47H59N15O8/c1-8-61-33(20-27(3)56-61)41(65)54-44-52-32-22-30(39(49)64)24-50-40(32)60(44)15-11-10-14-59-36-31(21-29(38(48)63)23-34(36)69-19-16-58-25-47(26-58)12-17-68-18-13-47)51-43(59)55-42(66)37-35(28(4)57-62(37)9-2)53-45(67)70-46(5,6)7/h10-11,20-24H,8-9,12-19,25-26H2,1-7H3,(H2,48,63)(H2,49,64)(H,53,67)(H,51,55,66)(H,52,54,65)/b11-10+. The second kappa shape index (κ2) is 19.7. The summed E-state index contributed by atoms with van der Waals surface area (Å²) in [5.41, 5.74) is 14.2. The number of aryl methyl sites for hydroxylation is 4. The second-order valence-corrected chi connectivity index (χ2v) is 18.5. The van der Waals surface area contributed by atoms with Crippen LogP contribution in [-0.2, 0) is 35.7 Å². The van der Waals surface area contributed by atoms with Gasteiger partial charge in [-0.25, -0.2) is 19.7 Å². The summed E-state index contributed by atoms with van der Waals surface area (Å²) < 4.78 is 24.0. The van der Waals surface area contributed by atoms with Crippen LogP contribution in [0.4, 0.5) is 22.4 Å². The first-order chi connectivity index (χ1) is 33.4. The van der Waals surface area contributed by atoms with Crippen molar-refractivity contribution in [1.29, 1.82) is 0 Å². The Balaban J connectivity index is 1.14. The Kier molecular flexibility index (Phi) is 13.8. The number of carbonyl (C=O) groups is 5. The van der Waals surface area contributed by atoms with Gasteiger partial charge in [-0.05, 0) is 85.6 Å². The number of anilines is 3. The molecular formula is C47H59N15O8. The predicted octanol–water partition coefficient (Wildman–Crippen LogP) is 4.63. The van der Waals surface area contributed by atoms with Gasteiger partial charge in [-0.15, -0.1) is 0 Å². The molecule has 2 fully saturated rings. The minimum Gasteiger partial charge on any atom is -0.490 e. The molecule has 0 radical (unpaired) electrons. The molecule has 0 bridgehead atoms. The number of nitrogens with zero attached hydrogens (tertiary/aromatic N) is 10. The SMILES string of the molecule is CCn1nc(C)cc1C(=O)Nc1nc2cc(C(N)=O)cnc2n1C/C=C/Cn1c(NC(=O)c2c(NC(=O)OC(C)(C)C)c(C)nn2CC)nc2cc(C(N)=O)cc(OCCN3CC4(CCOCC4)C3)c21. The number of rotatable bonds is 17. The summed E-state index contributed by atoms with van der Waals surface area (Å²) in [6.07, 6.45) is 6.25. The van der Waals surface area contributed by atoms with E-state index in [2.05, 4.69) is 41.0 Å². The van der Waals surface area contributed by atoms with E-state index in [0.29, 0.717) is 58.1 Å². The minimum atomic E-state index is -0.810. The Bertz CT molecular complexity index is 3030. The molecule has 0 atom stereocenters. The summed E-state index contributed by atoms with van der Waals surface area (Å²) in [7, 11) is 0. The fourth-order valence-corrected chi connectivity index (χ4v) is 8.89. The molecule has 7 N–H and O–H groups in total. The van der Waals surface area contributed by atoms with Crippen molar-refractivity contribution in [2.45, 2.75) is 93.1 Å². The first kappa shape index (κ1) is 48.8. The van der Waals surface area contributed by atoms with Gasteiger partial charge in [0.1, 0.15) is 34.7 Å². The van der Waals surface area contributed by atoms with Crippen LogP contribution in [0.3, 0.4) is 0 Å². The topological polar surface area (TPSA) is 289 Å². The van der Waals surface area contributed by atoms with Crippen molar-refractivity contribution in [2.75, 3.05) is 55.4 Å². The molecule has 5 amide bonds. The molecule has 2 aliphatic rings. The third-order valence-electron chi connectivity index (χ3n) is 12.2. The summed E-state index contributed by atoms with van der Waals surface area (Å²) in [5.74, 6) is -1.93. The zero-order valence-corrected chi connectivity index (χ0v) is 40.4. The lowest BCUT2D eigenvalue weighted by Gasteiger charge is -2.52. The number of amides is 5.